The number of imidazole rings is 1. The minimum Gasteiger partial charge on any atom is -0.394 e. The molecule has 1 aliphatic rings. The number of aliphatic hydroxyl groups is 3. The number of nitrogens with one attached hydrogen (secondary N) is 1. The molecule has 0 aliphatic carbocycles. The van der Waals surface area contributed by atoms with E-state index >= 15 is 0 Å². The molecule has 4 N–H and O–H groups in total. The van der Waals surface area contributed by atoms with Crippen molar-refractivity contribution in [2.45, 2.75) is 35.3 Å². The summed E-state index contributed by atoms with van der Waals surface area (Å²) in [6.45, 7) is -0.399. The van der Waals surface area contributed by atoms with Gasteiger partial charge in [0.1, 0.15) is 35.2 Å². The Morgan fingerprint density at radius 3 is 2.64 bits per heavy atom. The van der Waals surface area contributed by atoms with Crippen molar-refractivity contribution in [3.8, 4) is 0 Å². The van der Waals surface area contributed by atoms with E-state index in [1.807, 2.05) is 30.3 Å². The molecule has 3 aromatic rings. The summed E-state index contributed by atoms with van der Waals surface area (Å²) in [5.41, 5.74) is 2.21. The molecule has 1 aromatic carbocycles. The number of aliphatic hydroxyl groups excluding tert-OH is 3. The Hall–Kier alpha value is -2.24. The molecule has 3 heterocycles. The zero-order valence-corrected chi connectivity index (χ0v) is 16.0. The highest BCUT2D eigenvalue weighted by Crippen LogP contribution is 2.36. The van der Waals surface area contributed by atoms with Crippen LogP contribution in [0.25, 0.3) is 11.2 Å². The summed E-state index contributed by atoms with van der Waals surface area (Å²) in [5.74, 6) is 1.15. The van der Waals surface area contributed by atoms with Crippen LogP contribution in [0.3, 0.4) is 0 Å². The number of anilines is 1. The van der Waals surface area contributed by atoms with E-state index in [-0.39, 0.29) is 0 Å². The lowest BCUT2D eigenvalue weighted by Crippen LogP contribution is -2.33. The number of hydrogen-bond donors (Lipinski definition) is 4. The van der Waals surface area contributed by atoms with E-state index in [9.17, 15) is 15.3 Å². The Bertz CT molecular complexity index is 954. The van der Waals surface area contributed by atoms with Crippen molar-refractivity contribution in [2.24, 2.45) is 0 Å². The molecule has 0 unspecified atom stereocenters. The maximum atomic E-state index is 10.4. The van der Waals surface area contributed by atoms with Crippen molar-refractivity contribution in [1.29, 1.82) is 0 Å². The Morgan fingerprint density at radius 1 is 1.18 bits per heavy atom. The van der Waals surface area contributed by atoms with Gasteiger partial charge >= 0.3 is 0 Å². The molecule has 0 saturated carbocycles. The number of hydrogen-bond acceptors (Lipinski definition) is 9. The summed E-state index contributed by atoms with van der Waals surface area (Å²) in [5, 5.41) is 33.6. The van der Waals surface area contributed by atoms with Crippen molar-refractivity contribution in [2.75, 3.05) is 19.0 Å². The third-order valence-electron chi connectivity index (χ3n) is 4.66. The van der Waals surface area contributed by atoms with Gasteiger partial charge in [0.05, 0.1) is 6.61 Å². The highest BCUT2D eigenvalue weighted by atomic mass is 32.2. The second-order valence-electron chi connectivity index (χ2n) is 6.41. The standard InChI is InChI=1S/C18H21N5O4S/c1-19-18-22-12-15(23(18)17-14(26)13(25)11(7-24)27-17)20-9-21-16(12)28-8-10-5-3-2-4-6-10/h2-6,9,11,13-14,17,24-26H,7-8H2,1H3,(H,19,22)/t11-,13-,14-,17-/m1/s1. The summed E-state index contributed by atoms with van der Waals surface area (Å²) in [7, 11) is 1.70. The quantitative estimate of drug-likeness (QED) is 0.349. The van der Waals surface area contributed by atoms with Crippen molar-refractivity contribution >= 4 is 28.9 Å². The SMILES string of the molecule is CNc1nc2c(SCc3ccccc3)ncnc2n1[C@@H]1O[C@H](CO)[C@@H](O)[C@H]1O. The predicted molar refractivity (Wildman–Crippen MR) is 104 cm³/mol. The number of thioether (sulfide) groups is 1. The molecule has 148 valence electrons. The van der Waals surface area contributed by atoms with Crippen LogP contribution < -0.4 is 5.32 Å². The Balaban J connectivity index is 1.70. The Kier molecular flexibility index (Phi) is 5.47. The maximum Gasteiger partial charge on any atom is 0.207 e. The first-order valence-electron chi connectivity index (χ1n) is 8.84. The molecule has 0 bridgehead atoms. The van der Waals surface area contributed by atoms with E-state index in [1.165, 1.54) is 18.1 Å². The zero-order valence-electron chi connectivity index (χ0n) is 15.1. The van der Waals surface area contributed by atoms with Crippen LogP contribution >= 0.6 is 11.8 Å². The van der Waals surface area contributed by atoms with Crippen LogP contribution in [0.5, 0.6) is 0 Å². The third-order valence-corrected chi connectivity index (χ3v) is 5.71. The van der Waals surface area contributed by atoms with Gasteiger partial charge in [-0.15, -0.1) is 0 Å². The lowest BCUT2D eigenvalue weighted by Gasteiger charge is -2.18. The van der Waals surface area contributed by atoms with Crippen LogP contribution in [-0.2, 0) is 10.5 Å². The fraction of sp³-hybridized carbons (Fsp3) is 0.389. The monoisotopic (exact) mass is 403 g/mol. The van der Waals surface area contributed by atoms with Gasteiger partial charge in [-0.05, 0) is 5.56 Å². The highest BCUT2D eigenvalue weighted by molar-refractivity contribution is 7.98. The lowest BCUT2D eigenvalue weighted by atomic mass is 10.1. The molecule has 1 aliphatic heterocycles. The molecule has 0 amide bonds. The maximum absolute atomic E-state index is 10.4. The number of ether oxygens (including phenoxy) is 1. The van der Waals surface area contributed by atoms with Gasteiger partial charge in [0, 0.05) is 12.8 Å². The molecule has 10 heteroatoms. The molecule has 1 saturated heterocycles. The van der Waals surface area contributed by atoms with Crippen molar-refractivity contribution in [1.82, 2.24) is 19.5 Å². The topological polar surface area (TPSA) is 126 Å². The van der Waals surface area contributed by atoms with E-state index in [2.05, 4.69) is 20.3 Å². The van der Waals surface area contributed by atoms with Crippen LogP contribution in [0.4, 0.5) is 5.95 Å². The summed E-state index contributed by atoms with van der Waals surface area (Å²) in [6.07, 6.45) is -2.80. The number of nitrogens with zero attached hydrogens (tertiary/aromatic N) is 4. The van der Waals surface area contributed by atoms with Crippen LogP contribution in [0.2, 0.25) is 0 Å². The molecular weight excluding hydrogens is 382 g/mol. The summed E-state index contributed by atoms with van der Waals surface area (Å²) in [4.78, 5) is 13.2. The predicted octanol–water partition coefficient (Wildman–Crippen LogP) is 0.772. The van der Waals surface area contributed by atoms with Crippen molar-refractivity contribution in [3.05, 3.63) is 42.2 Å². The average Bonchev–Trinajstić information content (AvgIpc) is 3.24. The second-order valence-corrected chi connectivity index (χ2v) is 7.37. The van der Waals surface area contributed by atoms with Gasteiger partial charge < -0.3 is 25.4 Å². The van der Waals surface area contributed by atoms with Gasteiger partial charge in [0.15, 0.2) is 11.9 Å². The Morgan fingerprint density at radius 2 is 1.96 bits per heavy atom. The first kappa shape index (κ1) is 19.1. The van der Waals surface area contributed by atoms with Crippen LogP contribution in [0.1, 0.15) is 11.8 Å². The molecule has 4 atom stereocenters. The zero-order chi connectivity index (χ0) is 19.7. The number of fused-ring (bicyclic) bond motifs is 1. The van der Waals surface area contributed by atoms with E-state index < -0.39 is 31.1 Å². The summed E-state index contributed by atoms with van der Waals surface area (Å²) in [6, 6.07) is 10.0. The molecule has 4 rings (SSSR count). The van der Waals surface area contributed by atoms with Crippen molar-refractivity contribution < 1.29 is 20.1 Å². The van der Waals surface area contributed by atoms with Crippen LogP contribution in [-0.4, -0.2) is 66.8 Å². The van der Waals surface area contributed by atoms with Gasteiger partial charge in [-0.25, -0.2) is 15.0 Å². The molecule has 0 radical (unpaired) electrons. The van der Waals surface area contributed by atoms with Gasteiger partial charge in [0.25, 0.3) is 0 Å². The number of aromatic nitrogens is 4. The van der Waals surface area contributed by atoms with Gasteiger partial charge in [-0.2, -0.15) is 0 Å². The van der Waals surface area contributed by atoms with Gasteiger partial charge in [-0.3, -0.25) is 4.57 Å². The molecular formula is C18H21N5O4S. The average molecular weight is 403 g/mol. The summed E-state index contributed by atoms with van der Waals surface area (Å²) < 4.78 is 7.26. The van der Waals surface area contributed by atoms with Crippen LogP contribution in [0.15, 0.2) is 41.7 Å². The van der Waals surface area contributed by atoms with Crippen LogP contribution in [0, 0.1) is 0 Å². The highest BCUT2D eigenvalue weighted by Gasteiger charge is 2.45. The van der Waals surface area contributed by atoms with Gasteiger partial charge in [-0.1, -0.05) is 42.1 Å². The van der Waals surface area contributed by atoms with E-state index in [0.717, 1.165) is 11.3 Å². The fourth-order valence-electron chi connectivity index (χ4n) is 3.23. The first-order chi connectivity index (χ1) is 13.6. The number of rotatable bonds is 6. The molecule has 9 nitrogen and oxygen atoms in total. The lowest BCUT2D eigenvalue weighted by molar-refractivity contribution is -0.0501. The smallest absolute Gasteiger partial charge is 0.207 e. The Labute approximate surface area is 165 Å². The molecule has 0 spiro atoms. The molecule has 2 aromatic heterocycles. The minimum atomic E-state index is -1.22. The van der Waals surface area contributed by atoms with E-state index in [0.29, 0.717) is 22.1 Å². The first-order valence-corrected chi connectivity index (χ1v) is 9.82. The fourth-order valence-corrected chi connectivity index (χ4v) is 4.12. The van der Waals surface area contributed by atoms with Crippen molar-refractivity contribution in [3.63, 3.8) is 0 Å². The number of benzene rings is 1. The minimum absolute atomic E-state index is 0.399. The molecule has 28 heavy (non-hydrogen) atoms. The van der Waals surface area contributed by atoms with E-state index in [4.69, 9.17) is 4.74 Å². The normalized spacial score (nSPS) is 24.7. The summed E-state index contributed by atoms with van der Waals surface area (Å²) >= 11 is 1.54. The van der Waals surface area contributed by atoms with Gasteiger partial charge in [0.2, 0.25) is 5.95 Å². The third kappa shape index (κ3) is 3.33. The second kappa shape index (κ2) is 8.02. The van der Waals surface area contributed by atoms with E-state index in [1.54, 1.807) is 11.6 Å². The largest absolute Gasteiger partial charge is 0.394 e. The molecule has 1 fully saturated rings.